The SMILES string of the molecule is FC(F)(F)c1ccc2c(CN3CCNCC3)c[nH]c2c1. The highest BCUT2D eigenvalue weighted by Crippen LogP contribution is 2.32. The van der Waals surface area contributed by atoms with Gasteiger partial charge in [0.25, 0.3) is 0 Å². The summed E-state index contributed by atoms with van der Waals surface area (Å²) in [6.07, 6.45) is -2.48. The first kappa shape index (κ1) is 13.5. The number of fused-ring (bicyclic) bond motifs is 1. The zero-order valence-corrected chi connectivity index (χ0v) is 10.9. The predicted octanol–water partition coefficient (Wildman–Crippen LogP) is 2.59. The van der Waals surface area contributed by atoms with E-state index < -0.39 is 11.7 Å². The van der Waals surface area contributed by atoms with Crippen LogP contribution in [-0.2, 0) is 12.7 Å². The standard InChI is InChI=1S/C14H16F3N3/c15-14(16,17)11-1-2-12-10(8-19-13(12)7-11)9-20-5-3-18-4-6-20/h1-2,7-8,18-19H,3-6,9H2. The first-order valence-corrected chi connectivity index (χ1v) is 6.64. The maximum atomic E-state index is 12.7. The Labute approximate surface area is 114 Å². The molecule has 3 nitrogen and oxygen atoms in total. The van der Waals surface area contributed by atoms with E-state index in [-0.39, 0.29) is 0 Å². The van der Waals surface area contributed by atoms with Gasteiger partial charge in [0.1, 0.15) is 0 Å². The average Bonchev–Trinajstić information content (AvgIpc) is 2.81. The fourth-order valence-corrected chi connectivity index (χ4v) is 2.60. The van der Waals surface area contributed by atoms with Crippen LogP contribution in [0.3, 0.4) is 0 Å². The summed E-state index contributed by atoms with van der Waals surface area (Å²) < 4.78 is 38.0. The van der Waals surface area contributed by atoms with Crippen molar-refractivity contribution in [3.8, 4) is 0 Å². The molecule has 1 saturated heterocycles. The van der Waals surface area contributed by atoms with E-state index in [0.717, 1.165) is 49.7 Å². The van der Waals surface area contributed by atoms with Gasteiger partial charge in [-0.2, -0.15) is 13.2 Å². The van der Waals surface area contributed by atoms with Crippen molar-refractivity contribution >= 4 is 10.9 Å². The van der Waals surface area contributed by atoms with Gasteiger partial charge in [0.2, 0.25) is 0 Å². The molecule has 3 rings (SSSR count). The van der Waals surface area contributed by atoms with Crippen LogP contribution in [0, 0.1) is 0 Å². The van der Waals surface area contributed by atoms with E-state index in [1.807, 2.05) is 6.20 Å². The summed E-state index contributed by atoms with van der Waals surface area (Å²) >= 11 is 0. The summed E-state index contributed by atoms with van der Waals surface area (Å²) in [5.41, 5.74) is 0.987. The summed E-state index contributed by atoms with van der Waals surface area (Å²) in [5.74, 6) is 0. The van der Waals surface area contributed by atoms with Crippen molar-refractivity contribution < 1.29 is 13.2 Å². The number of aromatic nitrogens is 1. The first-order valence-electron chi connectivity index (χ1n) is 6.64. The summed E-state index contributed by atoms with van der Waals surface area (Å²) in [6.45, 7) is 4.62. The maximum Gasteiger partial charge on any atom is 0.416 e. The van der Waals surface area contributed by atoms with Crippen molar-refractivity contribution in [2.45, 2.75) is 12.7 Å². The number of aromatic amines is 1. The Hall–Kier alpha value is -1.53. The van der Waals surface area contributed by atoms with Gasteiger partial charge in [0.15, 0.2) is 0 Å². The molecule has 108 valence electrons. The van der Waals surface area contributed by atoms with Crippen molar-refractivity contribution in [3.05, 3.63) is 35.5 Å². The number of hydrogen-bond acceptors (Lipinski definition) is 2. The molecule has 0 radical (unpaired) electrons. The molecular formula is C14H16F3N3. The Morgan fingerprint density at radius 3 is 2.60 bits per heavy atom. The van der Waals surface area contributed by atoms with Crippen LogP contribution in [0.2, 0.25) is 0 Å². The van der Waals surface area contributed by atoms with Crippen molar-refractivity contribution in [1.82, 2.24) is 15.2 Å². The minimum absolute atomic E-state index is 0.546. The molecule has 1 aliphatic rings. The van der Waals surface area contributed by atoms with Gasteiger partial charge in [-0.15, -0.1) is 0 Å². The second kappa shape index (κ2) is 5.10. The van der Waals surface area contributed by atoms with Crippen LogP contribution < -0.4 is 5.32 Å². The molecule has 0 spiro atoms. The van der Waals surface area contributed by atoms with Crippen LogP contribution in [-0.4, -0.2) is 36.1 Å². The Balaban J connectivity index is 1.86. The Kier molecular flexibility index (Phi) is 3.43. The molecular weight excluding hydrogens is 267 g/mol. The van der Waals surface area contributed by atoms with Gasteiger partial charge in [0, 0.05) is 49.8 Å². The van der Waals surface area contributed by atoms with E-state index in [0.29, 0.717) is 5.52 Å². The summed E-state index contributed by atoms with van der Waals surface area (Å²) in [4.78, 5) is 5.25. The normalized spacial score (nSPS) is 17.8. The van der Waals surface area contributed by atoms with E-state index >= 15 is 0 Å². The maximum absolute atomic E-state index is 12.7. The van der Waals surface area contributed by atoms with Gasteiger partial charge in [0.05, 0.1) is 5.56 Å². The molecule has 2 aromatic rings. The summed E-state index contributed by atoms with van der Waals surface area (Å²) in [7, 11) is 0. The molecule has 0 atom stereocenters. The number of benzene rings is 1. The van der Waals surface area contributed by atoms with E-state index in [1.54, 1.807) is 6.07 Å². The molecule has 1 aromatic carbocycles. The molecule has 1 fully saturated rings. The monoisotopic (exact) mass is 283 g/mol. The number of hydrogen-bond donors (Lipinski definition) is 2. The van der Waals surface area contributed by atoms with E-state index in [4.69, 9.17) is 0 Å². The first-order chi connectivity index (χ1) is 9.54. The lowest BCUT2D eigenvalue weighted by molar-refractivity contribution is -0.137. The molecule has 0 unspecified atom stereocenters. The molecule has 0 saturated carbocycles. The Bertz CT molecular complexity index is 597. The van der Waals surface area contributed by atoms with E-state index in [1.165, 1.54) is 6.07 Å². The predicted molar refractivity (Wildman–Crippen MR) is 71.4 cm³/mol. The fourth-order valence-electron chi connectivity index (χ4n) is 2.60. The molecule has 20 heavy (non-hydrogen) atoms. The third kappa shape index (κ3) is 2.66. The zero-order valence-electron chi connectivity index (χ0n) is 10.9. The van der Waals surface area contributed by atoms with Gasteiger partial charge in [-0.05, 0) is 17.7 Å². The summed E-state index contributed by atoms with van der Waals surface area (Å²) in [6, 6.07) is 3.89. The number of H-pyrrole nitrogens is 1. The van der Waals surface area contributed by atoms with E-state index in [9.17, 15) is 13.2 Å². The number of halogens is 3. The lowest BCUT2D eigenvalue weighted by Crippen LogP contribution is -2.42. The van der Waals surface area contributed by atoms with Crippen molar-refractivity contribution in [1.29, 1.82) is 0 Å². The smallest absolute Gasteiger partial charge is 0.361 e. The molecule has 2 heterocycles. The van der Waals surface area contributed by atoms with Crippen molar-refractivity contribution in [2.24, 2.45) is 0 Å². The highest BCUT2D eigenvalue weighted by molar-refractivity contribution is 5.83. The van der Waals surface area contributed by atoms with Gasteiger partial charge < -0.3 is 10.3 Å². The highest BCUT2D eigenvalue weighted by atomic mass is 19.4. The molecule has 1 aliphatic heterocycles. The second-order valence-electron chi connectivity index (χ2n) is 5.10. The third-order valence-corrected chi connectivity index (χ3v) is 3.70. The van der Waals surface area contributed by atoms with Crippen LogP contribution in [0.1, 0.15) is 11.1 Å². The van der Waals surface area contributed by atoms with Crippen molar-refractivity contribution in [2.75, 3.05) is 26.2 Å². The van der Waals surface area contributed by atoms with Crippen LogP contribution >= 0.6 is 0 Å². The number of nitrogens with one attached hydrogen (secondary N) is 2. The number of rotatable bonds is 2. The minimum atomic E-state index is -4.29. The Morgan fingerprint density at radius 1 is 1.15 bits per heavy atom. The molecule has 1 aromatic heterocycles. The minimum Gasteiger partial charge on any atom is -0.361 e. The van der Waals surface area contributed by atoms with Gasteiger partial charge in [-0.3, -0.25) is 4.90 Å². The van der Waals surface area contributed by atoms with Crippen LogP contribution in [0.5, 0.6) is 0 Å². The molecule has 2 N–H and O–H groups in total. The van der Waals surface area contributed by atoms with Gasteiger partial charge in [-0.25, -0.2) is 0 Å². The lowest BCUT2D eigenvalue weighted by atomic mass is 10.1. The topological polar surface area (TPSA) is 31.1 Å². The Morgan fingerprint density at radius 2 is 1.90 bits per heavy atom. The van der Waals surface area contributed by atoms with Crippen LogP contribution in [0.4, 0.5) is 13.2 Å². The molecule has 0 aliphatic carbocycles. The van der Waals surface area contributed by atoms with Gasteiger partial charge in [-0.1, -0.05) is 6.07 Å². The quantitative estimate of drug-likeness (QED) is 0.887. The zero-order chi connectivity index (χ0) is 14.2. The molecule has 0 bridgehead atoms. The lowest BCUT2D eigenvalue weighted by Gasteiger charge is -2.26. The van der Waals surface area contributed by atoms with Crippen LogP contribution in [0.25, 0.3) is 10.9 Å². The second-order valence-corrected chi connectivity index (χ2v) is 5.10. The van der Waals surface area contributed by atoms with Crippen molar-refractivity contribution in [3.63, 3.8) is 0 Å². The molecule has 0 amide bonds. The summed E-state index contributed by atoms with van der Waals surface area (Å²) in [5, 5.41) is 4.15. The van der Waals surface area contributed by atoms with Gasteiger partial charge >= 0.3 is 6.18 Å². The number of nitrogens with zero attached hydrogens (tertiary/aromatic N) is 1. The third-order valence-electron chi connectivity index (χ3n) is 3.70. The van der Waals surface area contributed by atoms with E-state index in [2.05, 4.69) is 15.2 Å². The fraction of sp³-hybridized carbons (Fsp3) is 0.429. The average molecular weight is 283 g/mol. The molecule has 6 heteroatoms. The number of alkyl halides is 3. The largest absolute Gasteiger partial charge is 0.416 e. The van der Waals surface area contributed by atoms with Crippen LogP contribution in [0.15, 0.2) is 24.4 Å². The number of piperazine rings is 1. The highest BCUT2D eigenvalue weighted by Gasteiger charge is 2.30.